The van der Waals surface area contributed by atoms with E-state index in [1.54, 1.807) is 37.2 Å². The Bertz CT molecular complexity index is 830. The maximum Gasteiger partial charge on any atom is 0.230 e. The van der Waals surface area contributed by atoms with Gasteiger partial charge in [0.1, 0.15) is 11.6 Å². The summed E-state index contributed by atoms with van der Waals surface area (Å²) in [7, 11) is 4.96. The van der Waals surface area contributed by atoms with Crippen molar-refractivity contribution in [1.82, 2.24) is 19.7 Å². The van der Waals surface area contributed by atoms with Gasteiger partial charge in [0.25, 0.3) is 0 Å². The van der Waals surface area contributed by atoms with Crippen LogP contribution in [0.2, 0.25) is 0 Å². The first kappa shape index (κ1) is 13.9. The van der Waals surface area contributed by atoms with Gasteiger partial charge in [0.2, 0.25) is 5.95 Å². The van der Waals surface area contributed by atoms with Crippen LogP contribution in [0.15, 0.2) is 24.4 Å². The summed E-state index contributed by atoms with van der Waals surface area (Å²) in [5.41, 5.74) is 6.69. The Morgan fingerprint density at radius 2 is 1.86 bits per heavy atom. The summed E-state index contributed by atoms with van der Waals surface area (Å²) in [4.78, 5) is 8.72. The van der Waals surface area contributed by atoms with Gasteiger partial charge in [-0.1, -0.05) is 0 Å². The molecule has 0 spiro atoms. The summed E-state index contributed by atoms with van der Waals surface area (Å²) in [5, 5.41) is 7.86. The highest BCUT2D eigenvalue weighted by Crippen LogP contribution is 2.33. The minimum Gasteiger partial charge on any atom is -0.493 e. The van der Waals surface area contributed by atoms with E-state index in [1.807, 2.05) is 13.1 Å². The first-order chi connectivity index (χ1) is 10.6. The fourth-order valence-electron chi connectivity index (χ4n) is 2.15. The normalized spacial score (nSPS) is 10.7. The van der Waals surface area contributed by atoms with Crippen molar-refractivity contribution in [2.24, 2.45) is 7.05 Å². The molecule has 0 atom stereocenters. The fraction of sp³-hybridized carbons (Fsp3) is 0.214. The highest BCUT2D eigenvalue weighted by molar-refractivity contribution is 5.91. The number of fused-ring (bicyclic) bond motifs is 1. The molecule has 3 rings (SSSR count). The maximum atomic E-state index is 6.03. The van der Waals surface area contributed by atoms with Crippen molar-refractivity contribution in [3.63, 3.8) is 0 Å². The highest BCUT2D eigenvalue weighted by Gasteiger charge is 2.12. The van der Waals surface area contributed by atoms with E-state index in [0.29, 0.717) is 34.2 Å². The van der Waals surface area contributed by atoms with Crippen molar-refractivity contribution in [1.29, 1.82) is 0 Å². The van der Waals surface area contributed by atoms with Crippen LogP contribution >= 0.6 is 0 Å². The Hall–Kier alpha value is -3.03. The minimum atomic E-state index is 0.357. The zero-order chi connectivity index (χ0) is 15.7. The van der Waals surface area contributed by atoms with Gasteiger partial charge in [0, 0.05) is 24.6 Å². The van der Waals surface area contributed by atoms with E-state index in [-0.39, 0.29) is 0 Å². The van der Waals surface area contributed by atoms with E-state index in [9.17, 15) is 0 Å². The van der Waals surface area contributed by atoms with Gasteiger partial charge < -0.3 is 20.5 Å². The molecule has 0 saturated heterocycles. The number of anilines is 3. The van der Waals surface area contributed by atoms with Crippen molar-refractivity contribution >= 4 is 28.5 Å². The van der Waals surface area contributed by atoms with Crippen LogP contribution in [0.1, 0.15) is 0 Å². The second-order valence-corrected chi connectivity index (χ2v) is 4.62. The Morgan fingerprint density at radius 1 is 1.14 bits per heavy atom. The SMILES string of the molecule is COc1cc2nc(Nc3ccnn3C)nc(N)c2cc1OC. The first-order valence-corrected chi connectivity index (χ1v) is 6.56. The molecular formula is C14H16N6O2. The smallest absolute Gasteiger partial charge is 0.230 e. The summed E-state index contributed by atoms with van der Waals surface area (Å²) < 4.78 is 12.2. The number of methoxy groups -OCH3 is 2. The Kier molecular flexibility index (Phi) is 3.42. The summed E-state index contributed by atoms with van der Waals surface area (Å²) >= 11 is 0. The number of hydrogen-bond donors (Lipinski definition) is 2. The lowest BCUT2D eigenvalue weighted by Crippen LogP contribution is -2.05. The van der Waals surface area contributed by atoms with Crippen molar-refractivity contribution in [3.8, 4) is 11.5 Å². The standard InChI is InChI=1S/C14H16N6O2/c1-20-12(4-5-16-20)18-14-17-9-7-11(22-3)10(21-2)6-8(9)13(15)19-14/h4-7H,1-3H3,(H3,15,17,18,19). The van der Waals surface area contributed by atoms with E-state index in [2.05, 4.69) is 20.4 Å². The van der Waals surface area contributed by atoms with Crippen LogP contribution in [0.4, 0.5) is 17.6 Å². The third-order valence-corrected chi connectivity index (χ3v) is 3.29. The number of hydrogen-bond acceptors (Lipinski definition) is 7. The van der Waals surface area contributed by atoms with Crippen molar-refractivity contribution in [3.05, 3.63) is 24.4 Å². The summed E-state index contributed by atoms with van der Waals surface area (Å²) in [6.07, 6.45) is 1.68. The van der Waals surface area contributed by atoms with Crippen LogP contribution in [0, 0.1) is 0 Å². The van der Waals surface area contributed by atoms with Gasteiger partial charge in [0.05, 0.1) is 25.9 Å². The summed E-state index contributed by atoms with van der Waals surface area (Å²) in [5.74, 6) is 2.67. The molecule has 22 heavy (non-hydrogen) atoms. The lowest BCUT2D eigenvalue weighted by molar-refractivity contribution is 0.356. The second kappa shape index (κ2) is 5.40. The second-order valence-electron chi connectivity index (χ2n) is 4.62. The molecule has 0 aliphatic carbocycles. The van der Waals surface area contributed by atoms with E-state index in [1.165, 1.54) is 0 Å². The molecule has 2 aromatic heterocycles. The largest absolute Gasteiger partial charge is 0.493 e. The molecule has 3 aromatic rings. The molecule has 1 aromatic carbocycles. The highest BCUT2D eigenvalue weighted by atomic mass is 16.5. The molecule has 3 N–H and O–H groups in total. The quantitative estimate of drug-likeness (QED) is 0.756. The maximum absolute atomic E-state index is 6.03. The molecule has 0 bridgehead atoms. The average Bonchev–Trinajstić information content (AvgIpc) is 2.91. The van der Waals surface area contributed by atoms with Gasteiger partial charge in [-0.25, -0.2) is 4.98 Å². The topological polar surface area (TPSA) is 100 Å². The van der Waals surface area contributed by atoms with Gasteiger partial charge in [-0.15, -0.1) is 0 Å². The Labute approximate surface area is 126 Å². The van der Waals surface area contributed by atoms with Crippen molar-refractivity contribution in [2.75, 3.05) is 25.3 Å². The number of nitrogen functional groups attached to an aromatic ring is 1. The van der Waals surface area contributed by atoms with E-state index in [0.717, 1.165) is 5.82 Å². The number of benzene rings is 1. The van der Waals surface area contributed by atoms with E-state index >= 15 is 0 Å². The summed E-state index contributed by atoms with van der Waals surface area (Å²) in [6, 6.07) is 5.34. The van der Waals surface area contributed by atoms with Crippen LogP contribution in [0.3, 0.4) is 0 Å². The Balaban J connectivity index is 2.09. The average molecular weight is 300 g/mol. The molecule has 0 radical (unpaired) electrons. The molecule has 0 aliphatic heterocycles. The number of aromatic nitrogens is 4. The molecule has 0 saturated carbocycles. The predicted molar refractivity (Wildman–Crippen MR) is 83.5 cm³/mol. The Morgan fingerprint density at radius 3 is 2.50 bits per heavy atom. The third-order valence-electron chi connectivity index (χ3n) is 3.29. The van der Waals surface area contributed by atoms with Crippen LogP contribution in [-0.2, 0) is 7.05 Å². The zero-order valence-corrected chi connectivity index (χ0v) is 12.5. The molecule has 114 valence electrons. The molecule has 0 fully saturated rings. The molecule has 0 aliphatic rings. The number of rotatable bonds is 4. The molecular weight excluding hydrogens is 284 g/mol. The third kappa shape index (κ3) is 2.34. The fourth-order valence-corrected chi connectivity index (χ4v) is 2.15. The van der Waals surface area contributed by atoms with Crippen LogP contribution in [0.25, 0.3) is 10.9 Å². The van der Waals surface area contributed by atoms with Crippen LogP contribution in [0.5, 0.6) is 11.5 Å². The number of aryl methyl sites for hydroxylation is 1. The van der Waals surface area contributed by atoms with Gasteiger partial charge in [-0.3, -0.25) is 4.68 Å². The molecule has 8 heteroatoms. The molecule has 8 nitrogen and oxygen atoms in total. The van der Waals surface area contributed by atoms with Crippen molar-refractivity contribution < 1.29 is 9.47 Å². The molecule has 2 heterocycles. The van der Waals surface area contributed by atoms with Crippen LogP contribution in [-0.4, -0.2) is 34.0 Å². The minimum absolute atomic E-state index is 0.357. The summed E-state index contributed by atoms with van der Waals surface area (Å²) in [6.45, 7) is 0. The first-order valence-electron chi connectivity index (χ1n) is 6.56. The number of nitrogens with zero attached hydrogens (tertiary/aromatic N) is 4. The van der Waals surface area contributed by atoms with Gasteiger partial charge in [0.15, 0.2) is 11.5 Å². The molecule has 0 amide bonds. The zero-order valence-electron chi connectivity index (χ0n) is 12.5. The number of ether oxygens (including phenoxy) is 2. The van der Waals surface area contributed by atoms with Crippen molar-refractivity contribution in [2.45, 2.75) is 0 Å². The van der Waals surface area contributed by atoms with E-state index < -0.39 is 0 Å². The lowest BCUT2D eigenvalue weighted by atomic mass is 10.2. The number of nitrogens with one attached hydrogen (secondary N) is 1. The van der Waals surface area contributed by atoms with Gasteiger partial charge in [-0.05, 0) is 6.07 Å². The van der Waals surface area contributed by atoms with Gasteiger partial charge >= 0.3 is 0 Å². The van der Waals surface area contributed by atoms with Crippen LogP contribution < -0.4 is 20.5 Å². The van der Waals surface area contributed by atoms with E-state index in [4.69, 9.17) is 15.2 Å². The number of nitrogens with two attached hydrogens (primary N) is 1. The monoisotopic (exact) mass is 300 g/mol. The molecule has 0 unspecified atom stereocenters. The predicted octanol–water partition coefficient (Wildman–Crippen LogP) is 1.71. The van der Waals surface area contributed by atoms with Gasteiger partial charge in [-0.2, -0.15) is 10.1 Å². The lowest BCUT2D eigenvalue weighted by Gasteiger charge is -2.11.